The van der Waals surface area contributed by atoms with Crippen molar-refractivity contribution in [3.63, 3.8) is 0 Å². The summed E-state index contributed by atoms with van der Waals surface area (Å²) in [6.07, 6.45) is 1.19. The van der Waals surface area contributed by atoms with E-state index < -0.39 is 12.1 Å². The van der Waals surface area contributed by atoms with E-state index in [4.69, 9.17) is 10.8 Å². The smallest absolute Gasteiger partial charge is 0.277 e. The van der Waals surface area contributed by atoms with Gasteiger partial charge in [0.1, 0.15) is 0 Å². The monoisotopic (exact) mass is 145 g/mol. The average Bonchev–Trinajstić information content (AvgIpc) is 2.34. The number of nitrogens with two attached hydrogens (primary N) is 1. The summed E-state index contributed by atoms with van der Waals surface area (Å²) in [6, 6.07) is -0.0758. The Hall–Kier alpha value is -0.870. The zero-order valence-corrected chi connectivity index (χ0v) is 5.25. The van der Waals surface area contributed by atoms with Crippen LogP contribution in [0.5, 0.6) is 0 Å². The lowest BCUT2D eigenvalue weighted by molar-refractivity contribution is 0.267. The molecule has 3 nitrogen and oxygen atoms in total. The van der Waals surface area contributed by atoms with Crippen molar-refractivity contribution in [2.75, 3.05) is 6.61 Å². The van der Waals surface area contributed by atoms with Gasteiger partial charge in [0.2, 0.25) is 0 Å². The first-order valence-corrected chi connectivity index (χ1v) is 2.84. The van der Waals surface area contributed by atoms with Gasteiger partial charge in [-0.3, -0.25) is 0 Å². The Balaban J connectivity index is 2.74. The Morgan fingerprint density at radius 2 is 2.50 bits per heavy atom. The highest BCUT2D eigenvalue weighted by molar-refractivity contribution is 5.11. The third-order valence-corrected chi connectivity index (χ3v) is 1.21. The van der Waals surface area contributed by atoms with Crippen LogP contribution in [0.3, 0.4) is 0 Å². The summed E-state index contributed by atoms with van der Waals surface area (Å²) in [5.74, 6) is 0. The maximum absolute atomic E-state index is 12.1. The predicted molar refractivity (Wildman–Crippen MR) is 32.7 cm³/mol. The van der Waals surface area contributed by atoms with E-state index in [1.165, 1.54) is 6.26 Å². The quantitative estimate of drug-likeness (QED) is 0.633. The molecular weight excluding hydrogens is 137 g/mol. The molecular formula is C6H8FNO2. The first-order chi connectivity index (χ1) is 4.74. The molecule has 0 aliphatic heterocycles. The highest BCUT2D eigenvalue weighted by atomic mass is 19.1. The molecule has 0 radical (unpaired) electrons. The lowest BCUT2D eigenvalue weighted by atomic mass is 10.2. The maximum Gasteiger partial charge on any atom is 0.277 e. The van der Waals surface area contributed by atoms with Gasteiger partial charge in [0.15, 0.2) is 0 Å². The van der Waals surface area contributed by atoms with Crippen molar-refractivity contribution in [2.45, 2.75) is 6.04 Å². The van der Waals surface area contributed by atoms with Gasteiger partial charge in [-0.15, -0.1) is 0 Å². The lowest BCUT2D eigenvalue weighted by Crippen LogP contribution is -2.13. The molecule has 56 valence electrons. The average molecular weight is 145 g/mol. The lowest BCUT2D eigenvalue weighted by Gasteiger charge is -2.01. The first kappa shape index (κ1) is 7.24. The van der Waals surface area contributed by atoms with E-state index in [9.17, 15) is 4.39 Å². The van der Waals surface area contributed by atoms with Crippen LogP contribution in [0.4, 0.5) is 4.39 Å². The largest absolute Gasteiger partial charge is 0.439 e. The van der Waals surface area contributed by atoms with Crippen molar-refractivity contribution in [1.29, 1.82) is 0 Å². The van der Waals surface area contributed by atoms with Crippen LogP contribution in [-0.4, -0.2) is 11.7 Å². The molecule has 10 heavy (non-hydrogen) atoms. The number of furan rings is 1. The number of rotatable bonds is 2. The van der Waals surface area contributed by atoms with Crippen LogP contribution in [0, 0.1) is 6.01 Å². The van der Waals surface area contributed by atoms with E-state index in [1.807, 2.05) is 0 Å². The highest BCUT2D eigenvalue weighted by Gasteiger charge is 2.07. The summed E-state index contributed by atoms with van der Waals surface area (Å²) in [7, 11) is 0. The van der Waals surface area contributed by atoms with Crippen molar-refractivity contribution >= 4 is 0 Å². The fourth-order valence-electron chi connectivity index (χ4n) is 0.623. The molecule has 0 aliphatic rings. The molecule has 1 unspecified atom stereocenters. The number of aliphatic hydroxyl groups is 1. The van der Waals surface area contributed by atoms with Crippen LogP contribution in [0.2, 0.25) is 0 Å². The Kier molecular flexibility index (Phi) is 2.03. The van der Waals surface area contributed by atoms with Crippen LogP contribution in [-0.2, 0) is 0 Å². The molecule has 0 aliphatic carbocycles. The van der Waals surface area contributed by atoms with Crippen LogP contribution in [0.25, 0.3) is 0 Å². The molecule has 1 aromatic rings. The maximum atomic E-state index is 12.1. The molecule has 4 heteroatoms. The van der Waals surface area contributed by atoms with Crippen molar-refractivity contribution in [3.8, 4) is 0 Å². The molecule has 0 fully saturated rings. The second-order valence-electron chi connectivity index (χ2n) is 1.97. The molecule has 0 saturated heterocycles. The van der Waals surface area contributed by atoms with Gasteiger partial charge in [0.05, 0.1) is 18.9 Å². The second kappa shape index (κ2) is 2.81. The first-order valence-electron chi connectivity index (χ1n) is 2.84. The summed E-state index contributed by atoms with van der Waals surface area (Å²) in [6.45, 7) is -0.209. The zero-order valence-electron chi connectivity index (χ0n) is 5.25. The summed E-state index contributed by atoms with van der Waals surface area (Å²) in [5.41, 5.74) is 5.80. The molecule has 0 spiro atoms. The minimum atomic E-state index is -0.682. The fraction of sp³-hybridized carbons (Fsp3) is 0.333. The van der Waals surface area contributed by atoms with Crippen LogP contribution >= 0.6 is 0 Å². The van der Waals surface area contributed by atoms with Crippen molar-refractivity contribution in [1.82, 2.24) is 0 Å². The number of hydrogen-bond donors (Lipinski definition) is 2. The topological polar surface area (TPSA) is 59.4 Å². The molecule has 1 atom stereocenters. The highest BCUT2D eigenvalue weighted by Crippen LogP contribution is 2.12. The van der Waals surface area contributed by atoms with Gasteiger partial charge in [-0.05, 0) is 0 Å². The Labute approximate surface area is 57.3 Å². The summed E-state index contributed by atoms with van der Waals surface area (Å²) >= 11 is 0. The van der Waals surface area contributed by atoms with Gasteiger partial charge >= 0.3 is 0 Å². The van der Waals surface area contributed by atoms with Gasteiger partial charge < -0.3 is 15.3 Å². The van der Waals surface area contributed by atoms with Gasteiger partial charge in [0.25, 0.3) is 6.01 Å². The molecule has 0 bridgehead atoms. The SMILES string of the molecule is NC(CO)c1coc(F)c1. The van der Waals surface area contributed by atoms with Crippen molar-refractivity contribution in [2.24, 2.45) is 5.73 Å². The van der Waals surface area contributed by atoms with Crippen LogP contribution in [0.1, 0.15) is 11.6 Å². The van der Waals surface area contributed by atoms with E-state index in [1.54, 1.807) is 0 Å². The van der Waals surface area contributed by atoms with E-state index in [2.05, 4.69) is 4.42 Å². The Morgan fingerprint density at radius 3 is 2.90 bits per heavy atom. The summed E-state index contributed by atoms with van der Waals surface area (Å²) < 4.78 is 16.4. The Bertz CT molecular complexity index is 211. The number of aliphatic hydroxyl groups excluding tert-OH is 1. The van der Waals surface area contributed by atoms with Crippen LogP contribution < -0.4 is 5.73 Å². The van der Waals surface area contributed by atoms with E-state index in [0.29, 0.717) is 5.56 Å². The fourth-order valence-corrected chi connectivity index (χ4v) is 0.623. The minimum absolute atomic E-state index is 0.209. The van der Waals surface area contributed by atoms with Crippen molar-refractivity contribution < 1.29 is 13.9 Å². The number of hydrogen-bond acceptors (Lipinski definition) is 3. The Morgan fingerprint density at radius 1 is 1.80 bits per heavy atom. The van der Waals surface area contributed by atoms with E-state index in [-0.39, 0.29) is 6.61 Å². The molecule has 1 heterocycles. The molecule has 1 rings (SSSR count). The zero-order chi connectivity index (χ0) is 7.56. The summed E-state index contributed by atoms with van der Waals surface area (Å²) in [5, 5.41) is 8.51. The van der Waals surface area contributed by atoms with Gasteiger partial charge in [0, 0.05) is 11.6 Å². The standard InChI is InChI=1S/C6H8FNO2/c7-6-1-4(3-10-6)5(8)2-9/h1,3,5,9H,2,8H2. The normalized spacial score (nSPS) is 13.5. The molecule has 0 aromatic carbocycles. The third kappa shape index (κ3) is 1.34. The van der Waals surface area contributed by atoms with Gasteiger partial charge in [-0.1, -0.05) is 0 Å². The second-order valence-corrected chi connectivity index (χ2v) is 1.97. The summed E-state index contributed by atoms with van der Waals surface area (Å²) in [4.78, 5) is 0. The van der Waals surface area contributed by atoms with E-state index in [0.717, 1.165) is 6.07 Å². The van der Waals surface area contributed by atoms with Gasteiger partial charge in [-0.2, -0.15) is 4.39 Å². The molecule has 3 N–H and O–H groups in total. The van der Waals surface area contributed by atoms with Crippen LogP contribution in [0.15, 0.2) is 16.7 Å². The third-order valence-electron chi connectivity index (χ3n) is 1.21. The molecule has 1 aromatic heterocycles. The minimum Gasteiger partial charge on any atom is -0.439 e. The predicted octanol–water partition coefficient (Wildman–Crippen LogP) is 0.411. The molecule has 0 amide bonds. The van der Waals surface area contributed by atoms with Gasteiger partial charge in [-0.25, -0.2) is 0 Å². The molecule has 0 saturated carbocycles. The number of halogens is 1. The van der Waals surface area contributed by atoms with Crippen molar-refractivity contribution in [3.05, 3.63) is 23.9 Å². The van der Waals surface area contributed by atoms with E-state index >= 15 is 0 Å².